The molecule has 2 aromatic rings. The van der Waals surface area contributed by atoms with E-state index in [1.807, 2.05) is 0 Å². The summed E-state index contributed by atoms with van der Waals surface area (Å²) in [6, 6.07) is 6.53. The van der Waals surface area contributed by atoms with Gasteiger partial charge in [0.05, 0.1) is 21.4 Å². The third kappa shape index (κ3) is 3.47. The number of benzene rings is 1. The van der Waals surface area contributed by atoms with E-state index in [0.717, 1.165) is 6.07 Å². The zero-order valence-corrected chi connectivity index (χ0v) is 12.1. The lowest BCUT2D eigenvalue weighted by molar-refractivity contribution is -0.385. The van der Waals surface area contributed by atoms with Crippen LogP contribution in [0.2, 0.25) is 0 Å². The van der Waals surface area contributed by atoms with Crippen LogP contribution in [-0.2, 0) is 15.9 Å². The minimum Gasteiger partial charge on any atom is -0.280 e. The van der Waals surface area contributed by atoms with Crippen molar-refractivity contribution in [2.75, 3.05) is 4.72 Å². The molecule has 0 bridgehead atoms. The molecule has 2 rings (SSSR count). The SMILES string of the molecule is O=[N+]([O-])c1cc(S(=O)(=O)Nc2ccncc2)ccc1CCl. The predicted octanol–water partition coefficient (Wildman–Crippen LogP) is 2.53. The molecule has 9 heteroatoms. The number of nitro benzene ring substituents is 1. The summed E-state index contributed by atoms with van der Waals surface area (Å²) < 4.78 is 26.7. The van der Waals surface area contributed by atoms with Crippen LogP contribution in [0.4, 0.5) is 11.4 Å². The fraction of sp³-hybridized carbons (Fsp3) is 0.0833. The lowest BCUT2D eigenvalue weighted by Gasteiger charge is -2.08. The van der Waals surface area contributed by atoms with E-state index in [4.69, 9.17) is 11.6 Å². The molecule has 0 amide bonds. The molecule has 0 spiro atoms. The van der Waals surface area contributed by atoms with Crippen LogP contribution in [0, 0.1) is 10.1 Å². The van der Waals surface area contributed by atoms with Crippen LogP contribution in [0.5, 0.6) is 0 Å². The van der Waals surface area contributed by atoms with E-state index < -0.39 is 14.9 Å². The van der Waals surface area contributed by atoms with Crippen LogP contribution in [0.3, 0.4) is 0 Å². The highest BCUT2D eigenvalue weighted by Gasteiger charge is 2.21. The highest BCUT2D eigenvalue weighted by molar-refractivity contribution is 7.92. The molecule has 110 valence electrons. The summed E-state index contributed by atoms with van der Waals surface area (Å²) in [5.74, 6) is -0.0750. The molecule has 7 nitrogen and oxygen atoms in total. The molecule has 0 saturated heterocycles. The summed E-state index contributed by atoms with van der Waals surface area (Å²) in [5.41, 5.74) is 0.237. The standard InChI is InChI=1S/C12H10ClN3O4S/c13-8-9-1-2-11(7-12(9)16(17)18)21(19,20)15-10-3-5-14-6-4-10/h1-7H,8H2,(H,14,15). The number of aromatic nitrogens is 1. The van der Waals surface area contributed by atoms with Crippen molar-refractivity contribution >= 4 is 33.0 Å². The lowest BCUT2D eigenvalue weighted by atomic mass is 10.2. The maximum absolute atomic E-state index is 12.2. The molecule has 0 atom stereocenters. The highest BCUT2D eigenvalue weighted by Crippen LogP contribution is 2.25. The number of halogens is 1. The van der Waals surface area contributed by atoms with Crippen LogP contribution in [-0.4, -0.2) is 18.3 Å². The van der Waals surface area contributed by atoms with Gasteiger partial charge in [-0.05, 0) is 24.3 Å². The minimum absolute atomic E-state index is 0.0750. The third-order valence-corrected chi connectivity index (χ3v) is 4.31. The van der Waals surface area contributed by atoms with Crippen molar-refractivity contribution in [2.24, 2.45) is 0 Å². The van der Waals surface area contributed by atoms with Gasteiger partial charge < -0.3 is 0 Å². The first-order chi connectivity index (χ1) is 9.94. The number of alkyl halides is 1. The van der Waals surface area contributed by atoms with Gasteiger partial charge in [-0.1, -0.05) is 0 Å². The molecule has 0 fully saturated rings. The largest absolute Gasteiger partial charge is 0.280 e. The molecule has 1 heterocycles. The summed E-state index contributed by atoms with van der Waals surface area (Å²) in [6.07, 6.45) is 2.85. The average molecular weight is 328 g/mol. The Morgan fingerprint density at radius 3 is 2.48 bits per heavy atom. The third-order valence-electron chi connectivity index (χ3n) is 2.64. The number of nitro groups is 1. The molecule has 0 aliphatic carbocycles. The van der Waals surface area contributed by atoms with Gasteiger partial charge in [0.15, 0.2) is 0 Å². The maximum Gasteiger partial charge on any atom is 0.275 e. The van der Waals surface area contributed by atoms with Crippen molar-refractivity contribution in [3.63, 3.8) is 0 Å². The van der Waals surface area contributed by atoms with Crippen LogP contribution >= 0.6 is 11.6 Å². The smallest absolute Gasteiger partial charge is 0.275 e. The fourth-order valence-electron chi connectivity index (χ4n) is 1.63. The second kappa shape index (κ2) is 6.06. The maximum atomic E-state index is 12.2. The number of rotatable bonds is 5. The molecule has 0 radical (unpaired) electrons. The molecule has 1 aromatic heterocycles. The Kier molecular flexibility index (Phi) is 4.39. The van der Waals surface area contributed by atoms with Crippen molar-refractivity contribution in [1.82, 2.24) is 4.98 Å². The predicted molar refractivity (Wildman–Crippen MR) is 77.7 cm³/mol. The lowest BCUT2D eigenvalue weighted by Crippen LogP contribution is -2.13. The van der Waals surface area contributed by atoms with Gasteiger partial charge in [0.25, 0.3) is 15.7 Å². The van der Waals surface area contributed by atoms with E-state index in [1.54, 1.807) is 0 Å². The summed E-state index contributed by atoms with van der Waals surface area (Å²) in [4.78, 5) is 13.8. The summed E-state index contributed by atoms with van der Waals surface area (Å²) in [6.45, 7) is 0. The second-order valence-corrected chi connectivity index (χ2v) is 5.97. The van der Waals surface area contributed by atoms with Crippen molar-refractivity contribution in [2.45, 2.75) is 10.8 Å². The zero-order valence-electron chi connectivity index (χ0n) is 10.6. The quantitative estimate of drug-likeness (QED) is 0.516. The summed E-state index contributed by atoms with van der Waals surface area (Å²) in [7, 11) is -3.92. The Labute approximate surface area is 125 Å². The van der Waals surface area contributed by atoms with E-state index in [0.29, 0.717) is 5.69 Å². The molecule has 0 saturated carbocycles. The van der Waals surface area contributed by atoms with Crippen molar-refractivity contribution in [1.29, 1.82) is 0 Å². The Balaban J connectivity index is 2.41. The highest BCUT2D eigenvalue weighted by atomic mass is 35.5. The minimum atomic E-state index is -3.92. The molecule has 0 aliphatic heterocycles. The Morgan fingerprint density at radius 1 is 1.24 bits per heavy atom. The fourth-order valence-corrected chi connectivity index (χ4v) is 2.93. The van der Waals surface area contributed by atoms with Gasteiger partial charge in [0.2, 0.25) is 0 Å². The van der Waals surface area contributed by atoms with Gasteiger partial charge >= 0.3 is 0 Å². The number of hydrogen-bond donors (Lipinski definition) is 1. The van der Waals surface area contributed by atoms with Gasteiger partial charge in [-0.25, -0.2) is 8.42 Å². The van der Waals surface area contributed by atoms with E-state index in [2.05, 4.69) is 9.71 Å². The number of nitrogens with one attached hydrogen (secondary N) is 1. The Bertz CT molecular complexity index is 765. The Hall–Kier alpha value is -2.19. The molecule has 1 aromatic carbocycles. The van der Waals surface area contributed by atoms with Crippen molar-refractivity contribution < 1.29 is 13.3 Å². The van der Waals surface area contributed by atoms with Gasteiger partial charge in [-0.3, -0.25) is 19.8 Å². The normalized spacial score (nSPS) is 11.1. The van der Waals surface area contributed by atoms with Gasteiger partial charge in [0, 0.05) is 24.0 Å². The van der Waals surface area contributed by atoms with E-state index in [9.17, 15) is 18.5 Å². The number of nitrogens with zero attached hydrogens (tertiary/aromatic N) is 2. The summed E-state index contributed by atoms with van der Waals surface area (Å²) in [5, 5.41) is 10.9. The number of pyridine rings is 1. The van der Waals surface area contributed by atoms with Crippen LogP contribution < -0.4 is 4.72 Å². The monoisotopic (exact) mass is 327 g/mol. The molecular formula is C12H10ClN3O4S. The second-order valence-electron chi connectivity index (χ2n) is 4.02. The molecular weight excluding hydrogens is 318 g/mol. The molecule has 1 N–H and O–H groups in total. The summed E-state index contributed by atoms with van der Waals surface area (Å²) >= 11 is 5.60. The molecule has 0 aliphatic rings. The first kappa shape index (κ1) is 15.2. The van der Waals surface area contributed by atoms with Crippen molar-refractivity contribution in [3.05, 3.63) is 58.4 Å². The van der Waals surface area contributed by atoms with E-state index in [-0.39, 0.29) is 22.0 Å². The van der Waals surface area contributed by atoms with E-state index in [1.165, 1.54) is 36.7 Å². The van der Waals surface area contributed by atoms with Gasteiger partial charge in [-0.15, -0.1) is 11.6 Å². The average Bonchev–Trinajstić information content (AvgIpc) is 2.47. The molecule has 21 heavy (non-hydrogen) atoms. The van der Waals surface area contributed by atoms with Crippen LogP contribution in [0.15, 0.2) is 47.6 Å². The zero-order chi connectivity index (χ0) is 15.5. The Morgan fingerprint density at radius 2 is 1.90 bits per heavy atom. The molecule has 0 unspecified atom stereocenters. The van der Waals surface area contributed by atoms with Crippen LogP contribution in [0.25, 0.3) is 0 Å². The van der Waals surface area contributed by atoms with E-state index >= 15 is 0 Å². The van der Waals surface area contributed by atoms with Gasteiger partial charge in [-0.2, -0.15) is 0 Å². The topological polar surface area (TPSA) is 102 Å². The number of anilines is 1. The first-order valence-corrected chi connectivity index (χ1v) is 7.72. The van der Waals surface area contributed by atoms with Crippen molar-refractivity contribution in [3.8, 4) is 0 Å². The van der Waals surface area contributed by atoms with Gasteiger partial charge in [0.1, 0.15) is 0 Å². The number of sulfonamides is 1. The van der Waals surface area contributed by atoms with Crippen LogP contribution in [0.1, 0.15) is 5.56 Å². The number of hydrogen-bond acceptors (Lipinski definition) is 5. The first-order valence-electron chi connectivity index (χ1n) is 5.70.